The third-order valence-electron chi connectivity index (χ3n) is 3.08. The van der Waals surface area contributed by atoms with E-state index in [1.54, 1.807) is 7.11 Å². The number of methoxy groups -OCH3 is 1. The molecular formula is C13H15N3O. The third-order valence-corrected chi connectivity index (χ3v) is 3.08. The predicted octanol–water partition coefficient (Wildman–Crippen LogP) is 2.37. The van der Waals surface area contributed by atoms with Crippen LogP contribution in [0.3, 0.4) is 0 Å². The molecule has 1 aliphatic heterocycles. The minimum Gasteiger partial charge on any atom is -0.496 e. The molecule has 1 aliphatic rings. The second kappa shape index (κ2) is 4.13. The van der Waals surface area contributed by atoms with Gasteiger partial charge in [0.1, 0.15) is 11.6 Å². The first-order valence-corrected chi connectivity index (χ1v) is 5.83. The molecule has 2 heterocycles. The van der Waals surface area contributed by atoms with Crippen LogP contribution in [0.5, 0.6) is 5.75 Å². The van der Waals surface area contributed by atoms with Gasteiger partial charge in [0.2, 0.25) is 0 Å². The van der Waals surface area contributed by atoms with Gasteiger partial charge in [-0.2, -0.15) is 5.10 Å². The van der Waals surface area contributed by atoms with Gasteiger partial charge in [0.25, 0.3) is 0 Å². The zero-order valence-corrected chi connectivity index (χ0v) is 9.81. The Bertz CT molecular complexity index is 533. The van der Waals surface area contributed by atoms with Crippen LogP contribution in [0, 0.1) is 0 Å². The summed E-state index contributed by atoms with van der Waals surface area (Å²) in [5.74, 6) is 1.98. The number of rotatable bonds is 2. The Morgan fingerprint density at radius 1 is 1.29 bits per heavy atom. The molecule has 4 heteroatoms. The van der Waals surface area contributed by atoms with Crippen molar-refractivity contribution in [2.75, 3.05) is 19.0 Å². The van der Waals surface area contributed by atoms with Crippen molar-refractivity contribution >= 4 is 5.82 Å². The Labute approximate surface area is 100 Å². The molecule has 0 atom stereocenters. The quantitative estimate of drug-likeness (QED) is 0.859. The summed E-state index contributed by atoms with van der Waals surface area (Å²) in [6.45, 7) is 1.99. The Morgan fingerprint density at radius 2 is 2.18 bits per heavy atom. The van der Waals surface area contributed by atoms with Crippen molar-refractivity contribution in [2.24, 2.45) is 0 Å². The summed E-state index contributed by atoms with van der Waals surface area (Å²) in [7, 11) is 1.70. The highest BCUT2D eigenvalue weighted by molar-refractivity contribution is 5.79. The van der Waals surface area contributed by atoms with E-state index in [9.17, 15) is 0 Å². The Morgan fingerprint density at radius 3 is 3.06 bits per heavy atom. The molecule has 0 radical (unpaired) electrons. The van der Waals surface area contributed by atoms with Crippen molar-refractivity contribution in [1.29, 1.82) is 0 Å². The fourth-order valence-corrected chi connectivity index (χ4v) is 2.24. The maximum atomic E-state index is 5.40. The van der Waals surface area contributed by atoms with Crippen molar-refractivity contribution in [3.8, 4) is 16.9 Å². The summed E-state index contributed by atoms with van der Waals surface area (Å²) in [6, 6.07) is 8.03. The molecule has 0 amide bonds. The highest BCUT2D eigenvalue weighted by atomic mass is 16.5. The summed E-state index contributed by atoms with van der Waals surface area (Å²) >= 11 is 0. The first-order valence-electron chi connectivity index (χ1n) is 5.83. The van der Waals surface area contributed by atoms with Crippen molar-refractivity contribution in [3.05, 3.63) is 30.5 Å². The molecule has 1 aromatic heterocycles. The van der Waals surface area contributed by atoms with Gasteiger partial charge in [-0.3, -0.25) is 0 Å². The van der Waals surface area contributed by atoms with E-state index in [4.69, 9.17) is 4.74 Å². The molecule has 0 unspecified atom stereocenters. The number of aromatic nitrogens is 2. The highest BCUT2D eigenvalue weighted by Crippen LogP contribution is 2.35. The minimum absolute atomic E-state index is 0.885. The van der Waals surface area contributed by atoms with E-state index in [0.717, 1.165) is 42.2 Å². The molecule has 3 rings (SSSR count). The lowest BCUT2D eigenvalue weighted by atomic mass is 10.1. The average Bonchev–Trinajstić information content (AvgIpc) is 2.82. The SMILES string of the molecule is COc1ccccc1-c1cnn2c1NCCC2. The smallest absolute Gasteiger partial charge is 0.132 e. The predicted molar refractivity (Wildman–Crippen MR) is 67.3 cm³/mol. The zero-order chi connectivity index (χ0) is 11.7. The molecule has 17 heavy (non-hydrogen) atoms. The second-order valence-corrected chi connectivity index (χ2v) is 4.11. The number of aryl methyl sites for hydroxylation is 1. The molecule has 0 spiro atoms. The zero-order valence-electron chi connectivity index (χ0n) is 9.81. The van der Waals surface area contributed by atoms with Crippen LogP contribution in [0.1, 0.15) is 6.42 Å². The summed E-state index contributed by atoms with van der Waals surface area (Å²) in [5.41, 5.74) is 2.20. The van der Waals surface area contributed by atoms with Crippen LogP contribution in [0.4, 0.5) is 5.82 Å². The van der Waals surface area contributed by atoms with Gasteiger partial charge in [-0.15, -0.1) is 0 Å². The summed E-state index contributed by atoms with van der Waals surface area (Å²) < 4.78 is 7.41. The molecule has 1 aromatic carbocycles. The fraction of sp³-hybridized carbons (Fsp3) is 0.308. The number of ether oxygens (including phenoxy) is 1. The molecule has 0 fully saturated rings. The number of nitrogens with zero attached hydrogens (tertiary/aromatic N) is 2. The van der Waals surface area contributed by atoms with Crippen LogP contribution in [0.15, 0.2) is 30.5 Å². The van der Waals surface area contributed by atoms with E-state index in [0.29, 0.717) is 0 Å². The minimum atomic E-state index is 0.885. The van der Waals surface area contributed by atoms with E-state index in [1.165, 1.54) is 0 Å². The maximum Gasteiger partial charge on any atom is 0.132 e. The molecule has 4 nitrogen and oxygen atoms in total. The van der Waals surface area contributed by atoms with Crippen LogP contribution >= 0.6 is 0 Å². The number of benzene rings is 1. The van der Waals surface area contributed by atoms with Gasteiger partial charge in [0.05, 0.1) is 13.3 Å². The normalized spacial score (nSPS) is 13.9. The molecule has 0 saturated carbocycles. The van der Waals surface area contributed by atoms with Gasteiger partial charge in [-0.05, 0) is 12.5 Å². The van der Waals surface area contributed by atoms with Gasteiger partial charge in [0, 0.05) is 24.2 Å². The molecule has 0 bridgehead atoms. The van der Waals surface area contributed by atoms with Gasteiger partial charge in [-0.1, -0.05) is 18.2 Å². The van der Waals surface area contributed by atoms with Crippen molar-refractivity contribution in [3.63, 3.8) is 0 Å². The molecule has 88 valence electrons. The molecule has 1 N–H and O–H groups in total. The standard InChI is InChI=1S/C13H15N3O/c1-17-12-6-3-2-5-10(12)11-9-15-16-8-4-7-14-13(11)16/h2-3,5-6,9,14H,4,7-8H2,1H3. The fourth-order valence-electron chi connectivity index (χ4n) is 2.24. The summed E-state index contributed by atoms with van der Waals surface area (Å²) in [6.07, 6.45) is 3.03. The van der Waals surface area contributed by atoms with E-state index >= 15 is 0 Å². The molecular weight excluding hydrogens is 214 g/mol. The van der Waals surface area contributed by atoms with Gasteiger partial charge in [0.15, 0.2) is 0 Å². The summed E-state index contributed by atoms with van der Waals surface area (Å²) in [5, 5.41) is 7.81. The Kier molecular flexibility index (Phi) is 2.48. The maximum absolute atomic E-state index is 5.40. The van der Waals surface area contributed by atoms with E-state index in [-0.39, 0.29) is 0 Å². The highest BCUT2D eigenvalue weighted by Gasteiger charge is 2.17. The summed E-state index contributed by atoms with van der Waals surface area (Å²) in [4.78, 5) is 0. The van der Waals surface area contributed by atoms with Crippen LogP contribution < -0.4 is 10.1 Å². The molecule has 2 aromatic rings. The number of fused-ring (bicyclic) bond motifs is 1. The van der Waals surface area contributed by atoms with Crippen LogP contribution in [-0.2, 0) is 6.54 Å². The number of hydrogen-bond donors (Lipinski definition) is 1. The lowest BCUT2D eigenvalue weighted by Crippen LogP contribution is -2.17. The monoisotopic (exact) mass is 229 g/mol. The van der Waals surface area contributed by atoms with Crippen molar-refractivity contribution < 1.29 is 4.74 Å². The van der Waals surface area contributed by atoms with Gasteiger partial charge < -0.3 is 10.1 Å². The number of anilines is 1. The van der Waals surface area contributed by atoms with Gasteiger partial charge >= 0.3 is 0 Å². The van der Waals surface area contributed by atoms with E-state index in [1.807, 2.05) is 29.1 Å². The van der Waals surface area contributed by atoms with Crippen LogP contribution in [0.25, 0.3) is 11.1 Å². The topological polar surface area (TPSA) is 39.1 Å². The second-order valence-electron chi connectivity index (χ2n) is 4.11. The van der Waals surface area contributed by atoms with Crippen molar-refractivity contribution in [2.45, 2.75) is 13.0 Å². The number of nitrogens with one attached hydrogen (secondary N) is 1. The number of hydrogen-bond acceptors (Lipinski definition) is 3. The van der Waals surface area contributed by atoms with E-state index in [2.05, 4.69) is 16.5 Å². The Balaban J connectivity index is 2.12. The third kappa shape index (κ3) is 1.65. The van der Waals surface area contributed by atoms with Gasteiger partial charge in [-0.25, -0.2) is 4.68 Å². The lowest BCUT2D eigenvalue weighted by molar-refractivity contribution is 0.416. The molecule has 0 saturated heterocycles. The van der Waals surface area contributed by atoms with Crippen LogP contribution in [0.2, 0.25) is 0 Å². The number of para-hydroxylation sites is 1. The molecule has 0 aliphatic carbocycles. The average molecular weight is 229 g/mol. The van der Waals surface area contributed by atoms with E-state index < -0.39 is 0 Å². The first-order chi connectivity index (χ1) is 8.40. The first kappa shape index (κ1) is 10.2. The lowest BCUT2D eigenvalue weighted by Gasteiger charge is -2.17. The largest absolute Gasteiger partial charge is 0.496 e. The Hall–Kier alpha value is -1.97. The van der Waals surface area contributed by atoms with Crippen molar-refractivity contribution in [1.82, 2.24) is 9.78 Å². The van der Waals surface area contributed by atoms with Crippen LogP contribution in [-0.4, -0.2) is 23.4 Å².